The predicted molar refractivity (Wildman–Crippen MR) is 103 cm³/mol. The minimum absolute atomic E-state index is 0.0258. The van der Waals surface area contributed by atoms with Gasteiger partial charge in [-0.05, 0) is 42.7 Å². The van der Waals surface area contributed by atoms with Crippen LogP contribution in [0.1, 0.15) is 28.2 Å². The van der Waals surface area contributed by atoms with Crippen molar-refractivity contribution in [3.05, 3.63) is 89.8 Å². The van der Waals surface area contributed by atoms with Gasteiger partial charge in [0.15, 0.2) is 0 Å². The predicted octanol–water partition coefficient (Wildman–Crippen LogP) is 4.11. The molecule has 0 saturated heterocycles. The van der Waals surface area contributed by atoms with Crippen molar-refractivity contribution in [3.8, 4) is 5.69 Å². The highest BCUT2D eigenvalue weighted by Crippen LogP contribution is 2.23. The zero-order valence-corrected chi connectivity index (χ0v) is 14.8. The van der Waals surface area contributed by atoms with Gasteiger partial charge in [0, 0.05) is 13.1 Å². The third-order valence-electron chi connectivity index (χ3n) is 4.69. The van der Waals surface area contributed by atoms with Gasteiger partial charge in [0.25, 0.3) is 5.91 Å². The first-order chi connectivity index (χ1) is 12.7. The summed E-state index contributed by atoms with van der Waals surface area (Å²) in [6.45, 7) is 3.26. The minimum atomic E-state index is 0.0258. The lowest BCUT2D eigenvalue weighted by molar-refractivity contribution is 0.0763. The summed E-state index contributed by atoms with van der Waals surface area (Å²) < 4.78 is 1.74. The van der Waals surface area contributed by atoms with Gasteiger partial charge in [0.1, 0.15) is 5.69 Å². The van der Waals surface area contributed by atoms with E-state index >= 15 is 0 Å². The Kier molecular flexibility index (Phi) is 4.40. The van der Waals surface area contributed by atoms with Crippen molar-refractivity contribution in [1.82, 2.24) is 14.7 Å². The van der Waals surface area contributed by atoms with E-state index in [2.05, 4.69) is 35.4 Å². The van der Waals surface area contributed by atoms with E-state index in [0.717, 1.165) is 24.3 Å². The molecule has 3 aromatic rings. The van der Waals surface area contributed by atoms with E-state index < -0.39 is 0 Å². The molecule has 0 N–H and O–H groups in total. The number of carbonyl (C=O) groups excluding carboxylic acids is 1. The van der Waals surface area contributed by atoms with Gasteiger partial charge in [-0.3, -0.25) is 4.79 Å². The molecule has 1 aliphatic rings. The van der Waals surface area contributed by atoms with Crippen molar-refractivity contribution in [2.24, 2.45) is 0 Å². The van der Waals surface area contributed by atoms with Crippen LogP contribution in [0.15, 0.2) is 72.8 Å². The first-order valence-electron chi connectivity index (χ1n) is 8.88. The van der Waals surface area contributed by atoms with Gasteiger partial charge in [-0.15, -0.1) is 0 Å². The molecule has 0 atom stereocenters. The summed E-state index contributed by atoms with van der Waals surface area (Å²) in [5.41, 5.74) is 4.91. The monoisotopic (exact) mass is 343 g/mol. The zero-order valence-electron chi connectivity index (χ0n) is 14.8. The average Bonchev–Trinajstić information content (AvgIpc) is 3.11. The van der Waals surface area contributed by atoms with Gasteiger partial charge in [0.2, 0.25) is 0 Å². The lowest BCUT2D eigenvalue weighted by Gasteiger charge is -2.27. The standard InChI is InChI=1S/C22H21N3O/c1-17-16-21(25(23-17)20-10-6-3-7-11-20)22(26)24-14-12-19(13-15-24)18-8-4-2-5-9-18/h2-12,16H,13-15H2,1H3. The molecule has 0 spiro atoms. The number of amides is 1. The molecule has 2 aromatic carbocycles. The van der Waals surface area contributed by atoms with Crippen molar-refractivity contribution in [3.63, 3.8) is 0 Å². The van der Waals surface area contributed by atoms with Crippen LogP contribution in [0.25, 0.3) is 11.3 Å². The number of nitrogens with zero attached hydrogens (tertiary/aromatic N) is 3. The maximum absolute atomic E-state index is 13.1. The normalized spacial score (nSPS) is 14.2. The van der Waals surface area contributed by atoms with Crippen molar-refractivity contribution in [2.75, 3.05) is 13.1 Å². The van der Waals surface area contributed by atoms with Crippen LogP contribution in [0.4, 0.5) is 0 Å². The zero-order chi connectivity index (χ0) is 17.9. The number of hydrogen-bond acceptors (Lipinski definition) is 2. The number of benzene rings is 2. The molecular weight excluding hydrogens is 322 g/mol. The number of carbonyl (C=O) groups is 1. The van der Waals surface area contributed by atoms with Crippen LogP contribution in [0.2, 0.25) is 0 Å². The molecule has 0 saturated carbocycles. The highest BCUT2D eigenvalue weighted by molar-refractivity contribution is 5.94. The molecule has 4 nitrogen and oxygen atoms in total. The average molecular weight is 343 g/mol. The van der Waals surface area contributed by atoms with Gasteiger partial charge in [-0.2, -0.15) is 5.10 Å². The third-order valence-corrected chi connectivity index (χ3v) is 4.69. The Morgan fingerprint density at radius 1 is 1.00 bits per heavy atom. The Balaban J connectivity index is 1.57. The second-order valence-electron chi connectivity index (χ2n) is 6.51. The van der Waals surface area contributed by atoms with Crippen LogP contribution >= 0.6 is 0 Å². The third kappa shape index (κ3) is 3.18. The van der Waals surface area contributed by atoms with Crippen molar-refractivity contribution >= 4 is 11.5 Å². The molecule has 0 bridgehead atoms. The van der Waals surface area contributed by atoms with E-state index in [-0.39, 0.29) is 5.91 Å². The summed E-state index contributed by atoms with van der Waals surface area (Å²) >= 11 is 0. The maximum Gasteiger partial charge on any atom is 0.272 e. The van der Waals surface area contributed by atoms with E-state index in [1.807, 2.05) is 54.3 Å². The Labute approximate surface area is 153 Å². The topological polar surface area (TPSA) is 38.1 Å². The van der Waals surface area contributed by atoms with Crippen molar-refractivity contribution in [2.45, 2.75) is 13.3 Å². The fourth-order valence-electron chi connectivity index (χ4n) is 3.35. The minimum Gasteiger partial charge on any atom is -0.333 e. The van der Waals surface area contributed by atoms with E-state index in [1.54, 1.807) is 4.68 Å². The molecule has 4 heteroatoms. The van der Waals surface area contributed by atoms with E-state index in [0.29, 0.717) is 12.2 Å². The molecule has 26 heavy (non-hydrogen) atoms. The Hall–Kier alpha value is -3.14. The van der Waals surface area contributed by atoms with E-state index in [9.17, 15) is 4.79 Å². The van der Waals surface area contributed by atoms with Crippen LogP contribution < -0.4 is 0 Å². The maximum atomic E-state index is 13.1. The summed E-state index contributed by atoms with van der Waals surface area (Å²) in [5.74, 6) is 0.0258. The molecule has 130 valence electrons. The second-order valence-corrected chi connectivity index (χ2v) is 6.51. The van der Waals surface area contributed by atoms with E-state index in [1.165, 1.54) is 11.1 Å². The highest BCUT2D eigenvalue weighted by Gasteiger charge is 2.23. The van der Waals surface area contributed by atoms with Gasteiger partial charge < -0.3 is 4.90 Å². The molecular formula is C22H21N3O. The lowest BCUT2D eigenvalue weighted by Crippen LogP contribution is -2.35. The molecule has 0 aliphatic carbocycles. The second kappa shape index (κ2) is 7.00. The molecule has 4 rings (SSSR count). The van der Waals surface area contributed by atoms with Crippen LogP contribution in [0.5, 0.6) is 0 Å². The van der Waals surface area contributed by atoms with Gasteiger partial charge in [-0.1, -0.05) is 54.6 Å². The fraction of sp³-hybridized carbons (Fsp3) is 0.182. The quantitative estimate of drug-likeness (QED) is 0.718. The molecule has 0 unspecified atom stereocenters. The number of rotatable bonds is 3. The smallest absolute Gasteiger partial charge is 0.272 e. The largest absolute Gasteiger partial charge is 0.333 e. The number of hydrogen-bond donors (Lipinski definition) is 0. The molecule has 2 heterocycles. The Bertz CT molecular complexity index is 942. The summed E-state index contributed by atoms with van der Waals surface area (Å²) in [6, 6.07) is 22.0. The molecule has 1 amide bonds. The fourth-order valence-corrected chi connectivity index (χ4v) is 3.35. The molecule has 1 aliphatic heterocycles. The first kappa shape index (κ1) is 16.3. The van der Waals surface area contributed by atoms with Crippen molar-refractivity contribution < 1.29 is 4.79 Å². The van der Waals surface area contributed by atoms with Crippen LogP contribution in [0.3, 0.4) is 0 Å². The number of aryl methyl sites for hydroxylation is 1. The lowest BCUT2D eigenvalue weighted by atomic mass is 9.99. The van der Waals surface area contributed by atoms with Crippen LogP contribution in [-0.2, 0) is 0 Å². The van der Waals surface area contributed by atoms with Gasteiger partial charge in [0.05, 0.1) is 11.4 Å². The molecule has 1 aromatic heterocycles. The molecule has 0 radical (unpaired) electrons. The van der Waals surface area contributed by atoms with Crippen LogP contribution in [-0.4, -0.2) is 33.7 Å². The summed E-state index contributed by atoms with van der Waals surface area (Å²) in [4.78, 5) is 15.0. The van der Waals surface area contributed by atoms with Gasteiger partial charge in [-0.25, -0.2) is 4.68 Å². The van der Waals surface area contributed by atoms with Gasteiger partial charge >= 0.3 is 0 Å². The number of para-hydroxylation sites is 1. The first-order valence-corrected chi connectivity index (χ1v) is 8.88. The van der Waals surface area contributed by atoms with Crippen molar-refractivity contribution in [1.29, 1.82) is 0 Å². The summed E-state index contributed by atoms with van der Waals surface area (Å²) in [5, 5.41) is 4.51. The Morgan fingerprint density at radius 2 is 1.69 bits per heavy atom. The SMILES string of the molecule is Cc1cc(C(=O)N2CC=C(c3ccccc3)CC2)n(-c2ccccc2)n1. The summed E-state index contributed by atoms with van der Waals surface area (Å²) in [6.07, 6.45) is 3.03. The highest BCUT2D eigenvalue weighted by atomic mass is 16.2. The van der Waals surface area contributed by atoms with E-state index in [4.69, 9.17) is 0 Å². The van der Waals surface area contributed by atoms with Crippen LogP contribution in [0, 0.1) is 6.92 Å². The summed E-state index contributed by atoms with van der Waals surface area (Å²) in [7, 11) is 0. The number of aromatic nitrogens is 2. The Morgan fingerprint density at radius 3 is 2.35 bits per heavy atom. The molecule has 0 fully saturated rings.